The van der Waals surface area contributed by atoms with Crippen LogP contribution in [0.15, 0.2) is 24.4 Å². The van der Waals surface area contributed by atoms with Gasteiger partial charge in [-0.3, -0.25) is 4.79 Å². The van der Waals surface area contributed by atoms with Gasteiger partial charge in [-0.05, 0) is 6.92 Å². The third-order valence-corrected chi connectivity index (χ3v) is 2.81. The molecule has 0 radical (unpaired) electrons. The molecule has 0 bridgehead atoms. The fraction of sp³-hybridized carbons (Fsp3) is 0.500. The van der Waals surface area contributed by atoms with Crippen molar-refractivity contribution in [2.45, 2.75) is 32.2 Å². The molecule has 80 valence electrons. The molecule has 1 aromatic heterocycles. The quantitative estimate of drug-likeness (QED) is 0.553. The Morgan fingerprint density at radius 3 is 3.27 bits per heavy atom. The van der Waals surface area contributed by atoms with Gasteiger partial charge in [0.05, 0.1) is 6.61 Å². The standard InChI is InChI=1S/C12H16NO2/c1-2-15-12(14)9-11-7-6-10-5-3-4-8-13(10)11/h3-5,8,11H,2,6-7,9H2,1H3/q+1. The van der Waals surface area contributed by atoms with Crippen LogP contribution >= 0.6 is 0 Å². The Balaban J connectivity index is 2.04. The summed E-state index contributed by atoms with van der Waals surface area (Å²) in [5, 5.41) is 0. The number of esters is 1. The molecule has 0 amide bonds. The van der Waals surface area contributed by atoms with E-state index in [0.717, 1.165) is 12.8 Å². The first-order chi connectivity index (χ1) is 7.31. The van der Waals surface area contributed by atoms with Crippen molar-refractivity contribution in [3.8, 4) is 0 Å². The van der Waals surface area contributed by atoms with E-state index >= 15 is 0 Å². The molecule has 15 heavy (non-hydrogen) atoms. The summed E-state index contributed by atoms with van der Waals surface area (Å²) < 4.78 is 7.16. The molecule has 1 unspecified atom stereocenters. The van der Waals surface area contributed by atoms with Gasteiger partial charge >= 0.3 is 5.97 Å². The molecule has 0 fully saturated rings. The number of nitrogens with zero attached hydrogens (tertiary/aromatic N) is 1. The largest absolute Gasteiger partial charge is 0.466 e. The number of carbonyl (C=O) groups is 1. The summed E-state index contributed by atoms with van der Waals surface area (Å²) in [4.78, 5) is 11.4. The van der Waals surface area contributed by atoms with Gasteiger partial charge in [-0.2, -0.15) is 4.57 Å². The van der Waals surface area contributed by atoms with Crippen molar-refractivity contribution in [2.75, 3.05) is 6.61 Å². The molecule has 1 aliphatic rings. The van der Waals surface area contributed by atoms with Gasteiger partial charge in [0.2, 0.25) is 0 Å². The normalized spacial score (nSPS) is 18.6. The van der Waals surface area contributed by atoms with Gasteiger partial charge in [0.1, 0.15) is 6.42 Å². The Hall–Kier alpha value is -1.38. The topological polar surface area (TPSA) is 30.2 Å². The van der Waals surface area contributed by atoms with E-state index in [2.05, 4.69) is 10.6 Å². The monoisotopic (exact) mass is 206 g/mol. The summed E-state index contributed by atoms with van der Waals surface area (Å²) in [7, 11) is 0. The van der Waals surface area contributed by atoms with E-state index in [1.54, 1.807) is 0 Å². The molecule has 1 atom stereocenters. The summed E-state index contributed by atoms with van der Waals surface area (Å²) in [6.45, 7) is 2.31. The number of pyridine rings is 1. The van der Waals surface area contributed by atoms with Crippen LogP contribution in [-0.2, 0) is 16.0 Å². The van der Waals surface area contributed by atoms with E-state index in [1.165, 1.54) is 5.69 Å². The van der Waals surface area contributed by atoms with Gasteiger partial charge < -0.3 is 4.74 Å². The van der Waals surface area contributed by atoms with E-state index in [9.17, 15) is 4.79 Å². The number of aryl methyl sites for hydroxylation is 1. The van der Waals surface area contributed by atoms with E-state index < -0.39 is 0 Å². The Kier molecular flexibility index (Phi) is 2.99. The molecular weight excluding hydrogens is 190 g/mol. The van der Waals surface area contributed by atoms with Crippen molar-refractivity contribution < 1.29 is 14.1 Å². The van der Waals surface area contributed by atoms with Crippen LogP contribution in [0.1, 0.15) is 31.5 Å². The fourth-order valence-corrected chi connectivity index (χ4v) is 2.13. The Morgan fingerprint density at radius 1 is 1.60 bits per heavy atom. The Labute approximate surface area is 89.7 Å². The van der Waals surface area contributed by atoms with Gasteiger partial charge in [0.25, 0.3) is 0 Å². The average molecular weight is 206 g/mol. The lowest BCUT2D eigenvalue weighted by Gasteiger charge is -2.05. The molecule has 0 saturated carbocycles. The van der Waals surface area contributed by atoms with Crippen molar-refractivity contribution in [3.63, 3.8) is 0 Å². The lowest BCUT2D eigenvalue weighted by Crippen LogP contribution is -2.38. The molecule has 0 spiro atoms. The molecular formula is C12H16NO2+. The minimum Gasteiger partial charge on any atom is -0.466 e. The van der Waals surface area contributed by atoms with E-state index in [4.69, 9.17) is 4.74 Å². The second kappa shape index (κ2) is 4.43. The molecule has 0 saturated heterocycles. The molecule has 3 heteroatoms. The third kappa shape index (κ3) is 2.17. The van der Waals surface area contributed by atoms with Crippen LogP contribution in [0, 0.1) is 0 Å². The van der Waals surface area contributed by atoms with Crippen LogP contribution in [0.2, 0.25) is 0 Å². The molecule has 3 nitrogen and oxygen atoms in total. The van der Waals surface area contributed by atoms with Crippen LogP contribution in [-0.4, -0.2) is 12.6 Å². The predicted molar refractivity (Wildman–Crippen MR) is 55.2 cm³/mol. The summed E-state index contributed by atoms with van der Waals surface area (Å²) >= 11 is 0. The fourth-order valence-electron chi connectivity index (χ4n) is 2.13. The summed E-state index contributed by atoms with van der Waals surface area (Å²) in [5.41, 5.74) is 1.31. The lowest BCUT2D eigenvalue weighted by molar-refractivity contribution is -0.715. The van der Waals surface area contributed by atoms with Crippen molar-refractivity contribution in [3.05, 3.63) is 30.1 Å². The zero-order chi connectivity index (χ0) is 10.7. The van der Waals surface area contributed by atoms with Gasteiger partial charge in [-0.25, -0.2) is 0 Å². The molecule has 0 aromatic carbocycles. The third-order valence-electron chi connectivity index (χ3n) is 2.81. The van der Waals surface area contributed by atoms with Gasteiger partial charge in [-0.15, -0.1) is 0 Å². The second-order valence-corrected chi connectivity index (χ2v) is 3.80. The zero-order valence-corrected chi connectivity index (χ0v) is 8.98. The van der Waals surface area contributed by atoms with Gasteiger partial charge in [0, 0.05) is 25.0 Å². The maximum atomic E-state index is 11.4. The van der Waals surface area contributed by atoms with Crippen molar-refractivity contribution >= 4 is 5.97 Å². The van der Waals surface area contributed by atoms with Crippen molar-refractivity contribution in [2.24, 2.45) is 0 Å². The number of hydrogen-bond acceptors (Lipinski definition) is 2. The number of hydrogen-bond donors (Lipinski definition) is 0. The first-order valence-electron chi connectivity index (χ1n) is 5.46. The summed E-state index contributed by atoms with van der Waals surface area (Å²) in [6.07, 6.45) is 4.65. The first-order valence-corrected chi connectivity index (χ1v) is 5.46. The first kappa shape index (κ1) is 10.1. The summed E-state index contributed by atoms with van der Waals surface area (Å²) in [6, 6.07) is 6.46. The maximum Gasteiger partial charge on any atom is 0.312 e. The lowest BCUT2D eigenvalue weighted by atomic mass is 10.1. The van der Waals surface area contributed by atoms with E-state index in [1.807, 2.05) is 25.3 Å². The van der Waals surface area contributed by atoms with E-state index in [-0.39, 0.29) is 5.97 Å². The van der Waals surface area contributed by atoms with Crippen LogP contribution in [0.25, 0.3) is 0 Å². The Morgan fingerprint density at radius 2 is 2.47 bits per heavy atom. The highest BCUT2D eigenvalue weighted by Crippen LogP contribution is 2.20. The predicted octanol–water partition coefficient (Wildman–Crippen LogP) is 1.41. The average Bonchev–Trinajstić information content (AvgIpc) is 2.62. The van der Waals surface area contributed by atoms with Crippen LogP contribution in [0.4, 0.5) is 0 Å². The van der Waals surface area contributed by atoms with Crippen molar-refractivity contribution in [1.29, 1.82) is 0 Å². The van der Waals surface area contributed by atoms with Crippen LogP contribution in [0.5, 0.6) is 0 Å². The summed E-state index contributed by atoms with van der Waals surface area (Å²) in [5.74, 6) is -0.0910. The molecule has 0 aliphatic carbocycles. The van der Waals surface area contributed by atoms with Crippen molar-refractivity contribution in [1.82, 2.24) is 0 Å². The van der Waals surface area contributed by atoms with E-state index in [0.29, 0.717) is 19.1 Å². The van der Waals surface area contributed by atoms with Crippen LogP contribution < -0.4 is 4.57 Å². The number of ether oxygens (including phenoxy) is 1. The number of aromatic nitrogens is 1. The number of rotatable bonds is 3. The molecule has 2 heterocycles. The number of carbonyl (C=O) groups excluding carboxylic acids is 1. The minimum absolute atomic E-state index is 0.0910. The molecule has 0 N–H and O–H groups in total. The smallest absolute Gasteiger partial charge is 0.312 e. The highest BCUT2D eigenvalue weighted by Gasteiger charge is 2.31. The maximum absolute atomic E-state index is 11.4. The zero-order valence-electron chi connectivity index (χ0n) is 8.98. The minimum atomic E-state index is -0.0910. The SMILES string of the molecule is CCOC(=O)CC1CCc2cccc[n+]21. The Bertz CT molecular complexity index is 362. The highest BCUT2D eigenvalue weighted by molar-refractivity contribution is 5.69. The highest BCUT2D eigenvalue weighted by atomic mass is 16.5. The molecule has 1 aliphatic heterocycles. The second-order valence-electron chi connectivity index (χ2n) is 3.80. The van der Waals surface area contributed by atoms with Crippen LogP contribution in [0.3, 0.4) is 0 Å². The molecule has 1 aromatic rings. The number of fused-ring (bicyclic) bond motifs is 1. The van der Waals surface area contributed by atoms with Gasteiger partial charge in [-0.1, -0.05) is 6.07 Å². The molecule has 2 rings (SSSR count). The van der Waals surface area contributed by atoms with Gasteiger partial charge in [0.15, 0.2) is 17.9 Å².